The number of phenols is 2. The third kappa shape index (κ3) is 2.13. The predicted octanol–water partition coefficient (Wildman–Crippen LogP) is 5.98. The van der Waals surface area contributed by atoms with Crippen molar-refractivity contribution >= 4 is 0 Å². The Hall–Kier alpha value is -1.96. The molecule has 0 heterocycles. The van der Waals surface area contributed by atoms with Crippen molar-refractivity contribution in [3.05, 3.63) is 56.6 Å². The van der Waals surface area contributed by atoms with Gasteiger partial charge in [0.15, 0.2) is 0 Å². The molecule has 0 aliphatic heterocycles. The molecule has 0 saturated heterocycles. The molecule has 2 heteroatoms. The summed E-state index contributed by atoms with van der Waals surface area (Å²) in [6.07, 6.45) is 2.03. The fraction of sp³-hybridized carbons (Fsp3) is 0.520. The Balaban J connectivity index is 2.16. The van der Waals surface area contributed by atoms with E-state index in [0.29, 0.717) is 11.5 Å². The first kappa shape index (κ1) is 18.4. The van der Waals surface area contributed by atoms with Crippen LogP contribution in [0.5, 0.6) is 11.5 Å². The summed E-state index contributed by atoms with van der Waals surface area (Å²) in [4.78, 5) is 0. The standard InChI is InChI=1S/C25H32O2/c1-13-9-17-19(15(3)21(13)26)25(11-23(17,5)6)12-24(7,8)18-10-14(2)22(27)16(4)20(18)25/h9-10,26-27H,11-12H2,1-8H3. The first-order valence-electron chi connectivity index (χ1n) is 10.0. The van der Waals surface area contributed by atoms with Gasteiger partial charge in [0.25, 0.3) is 0 Å². The zero-order chi connectivity index (χ0) is 20.1. The van der Waals surface area contributed by atoms with Crippen molar-refractivity contribution in [2.24, 2.45) is 0 Å². The highest BCUT2D eigenvalue weighted by atomic mass is 16.3. The molecule has 2 aliphatic carbocycles. The van der Waals surface area contributed by atoms with Gasteiger partial charge in [-0.25, -0.2) is 0 Å². The minimum Gasteiger partial charge on any atom is -0.507 e. The summed E-state index contributed by atoms with van der Waals surface area (Å²) in [6, 6.07) is 4.39. The molecule has 2 nitrogen and oxygen atoms in total. The average Bonchev–Trinajstić information content (AvgIpc) is 2.89. The maximum absolute atomic E-state index is 10.8. The van der Waals surface area contributed by atoms with Gasteiger partial charge in [0.2, 0.25) is 0 Å². The van der Waals surface area contributed by atoms with Crippen LogP contribution in [0.1, 0.15) is 85.0 Å². The fourth-order valence-electron chi connectivity index (χ4n) is 6.49. The monoisotopic (exact) mass is 364 g/mol. The van der Waals surface area contributed by atoms with Gasteiger partial charge in [0, 0.05) is 5.41 Å². The Morgan fingerprint density at radius 3 is 1.33 bits per heavy atom. The lowest BCUT2D eigenvalue weighted by molar-refractivity contribution is 0.347. The van der Waals surface area contributed by atoms with E-state index < -0.39 is 0 Å². The van der Waals surface area contributed by atoms with Crippen molar-refractivity contribution in [3.8, 4) is 11.5 Å². The van der Waals surface area contributed by atoms with E-state index in [-0.39, 0.29) is 16.2 Å². The van der Waals surface area contributed by atoms with Gasteiger partial charge in [0.1, 0.15) is 11.5 Å². The molecule has 144 valence electrons. The second-order valence-corrected chi connectivity index (χ2v) is 10.4. The largest absolute Gasteiger partial charge is 0.507 e. The molecule has 27 heavy (non-hydrogen) atoms. The van der Waals surface area contributed by atoms with Crippen LogP contribution in [0.2, 0.25) is 0 Å². The van der Waals surface area contributed by atoms with E-state index in [4.69, 9.17) is 0 Å². The molecule has 2 aromatic carbocycles. The van der Waals surface area contributed by atoms with Gasteiger partial charge < -0.3 is 10.2 Å². The Morgan fingerprint density at radius 2 is 1.00 bits per heavy atom. The molecule has 0 fully saturated rings. The van der Waals surface area contributed by atoms with Crippen molar-refractivity contribution in [1.29, 1.82) is 0 Å². The van der Waals surface area contributed by atoms with E-state index in [1.807, 2.05) is 13.8 Å². The van der Waals surface area contributed by atoms with Crippen LogP contribution in [-0.4, -0.2) is 10.2 Å². The second-order valence-electron chi connectivity index (χ2n) is 10.4. The third-order valence-electron chi connectivity index (χ3n) is 7.37. The van der Waals surface area contributed by atoms with Crippen molar-refractivity contribution < 1.29 is 10.2 Å². The lowest BCUT2D eigenvalue weighted by Gasteiger charge is -2.32. The van der Waals surface area contributed by atoms with Crippen molar-refractivity contribution in [2.75, 3.05) is 0 Å². The van der Waals surface area contributed by atoms with Crippen LogP contribution in [0.25, 0.3) is 0 Å². The maximum Gasteiger partial charge on any atom is 0.121 e. The Kier molecular flexibility index (Phi) is 3.47. The lowest BCUT2D eigenvalue weighted by Crippen LogP contribution is -2.28. The minimum absolute atomic E-state index is 0.0309. The SMILES string of the molecule is Cc1cc2c(c(C)c1O)C1(CC2(C)C)CC(C)(C)c2cc(C)c(O)c(C)c21. The van der Waals surface area contributed by atoms with Gasteiger partial charge in [-0.1, -0.05) is 39.8 Å². The summed E-state index contributed by atoms with van der Waals surface area (Å²) in [5.41, 5.74) is 9.17. The van der Waals surface area contributed by atoms with E-state index in [1.54, 1.807) is 0 Å². The van der Waals surface area contributed by atoms with Crippen LogP contribution in [0.3, 0.4) is 0 Å². The number of hydrogen-bond acceptors (Lipinski definition) is 2. The first-order chi connectivity index (χ1) is 12.3. The van der Waals surface area contributed by atoms with Crippen LogP contribution in [-0.2, 0) is 16.2 Å². The maximum atomic E-state index is 10.8. The van der Waals surface area contributed by atoms with Crippen molar-refractivity contribution in [3.63, 3.8) is 0 Å². The highest BCUT2D eigenvalue weighted by Gasteiger charge is 2.58. The molecule has 0 atom stereocenters. The van der Waals surface area contributed by atoms with Crippen molar-refractivity contribution in [2.45, 2.75) is 84.5 Å². The molecule has 0 saturated carbocycles. The first-order valence-corrected chi connectivity index (χ1v) is 10.0. The van der Waals surface area contributed by atoms with Gasteiger partial charge in [-0.05, 0) is 95.9 Å². The molecule has 2 aromatic rings. The molecule has 4 rings (SSSR count). The van der Waals surface area contributed by atoms with Gasteiger partial charge in [-0.3, -0.25) is 0 Å². The highest BCUT2D eigenvalue weighted by Crippen LogP contribution is 2.65. The third-order valence-corrected chi connectivity index (χ3v) is 7.37. The van der Waals surface area contributed by atoms with Crippen LogP contribution in [0.15, 0.2) is 12.1 Å². The second kappa shape index (κ2) is 5.10. The number of aryl methyl sites for hydroxylation is 2. The number of phenolic OH excluding ortho intramolecular Hbond substituents is 2. The van der Waals surface area contributed by atoms with E-state index in [1.165, 1.54) is 22.3 Å². The molecule has 0 unspecified atom stereocenters. The normalized spacial score (nSPS) is 20.7. The Morgan fingerprint density at radius 1 is 0.667 bits per heavy atom. The molecular weight excluding hydrogens is 332 g/mol. The number of rotatable bonds is 0. The van der Waals surface area contributed by atoms with Crippen LogP contribution < -0.4 is 0 Å². The topological polar surface area (TPSA) is 40.5 Å². The Bertz CT molecular complexity index is 911. The summed E-state index contributed by atoms with van der Waals surface area (Å²) in [5.74, 6) is 0.845. The molecule has 1 spiro atoms. The molecule has 0 amide bonds. The van der Waals surface area contributed by atoms with Crippen molar-refractivity contribution in [1.82, 2.24) is 0 Å². The summed E-state index contributed by atoms with van der Waals surface area (Å²) >= 11 is 0. The molecule has 0 aromatic heterocycles. The van der Waals surface area contributed by atoms with E-state index in [9.17, 15) is 10.2 Å². The Labute approximate surface area is 163 Å². The van der Waals surface area contributed by atoms with Gasteiger partial charge in [-0.15, -0.1) is 0 Å². The fourth-order valence-corrected chi connectivity index (χ4v) is 6.49. The van der Waals surface area contributed by atoms with E-state index >= 15 is 0 Å². The van der Waals surface area contributed by atoms with Gasteiger partial charge in [-0.2, -0.15) is 0 Å². The highest BCUT2D eigenvalue weighted by molar-refractivity contribution is 5.68. The van der Waals surface area contributed by atoms with Crippen LogP contribution in [0, 0.1) is 27.7 Å². The smallest absolute Gasteiger partial charge is 0.121 e. The molecule has 0 radical (unpaired) electrons. The summed E-state index contributed by atoms with van der Waals surface area (Å²) in [6.45, 7) is 17.4. The number of hydrogen-bond donors (Lipinski definition) is 2. The van der Waals surface area contributed by atoms with Crippen LogP contribution in [0.4, 0.5) is 0 Å². The van der Waals surface area contributed by atoms with E-state index in [0.717, 1.165) is 35.1 Å². The zero-order valence-electron chi connectivity index (χ0n) is 18.0. The minimum atomic E-state index is -0.151. The average molecular weight is 365 g/mol. The summed E-state index contributed by atoms with van der Waals surface area (Å²) in [5, 5.41) is 21.6. The number of fused-ring (bicyclic) bond motifs is 4. The number of benzene rings is 2. The van der Waals surface area contributed by atoms with Gasteiger partial charge >= 0.3 is 0 Å². The summed E-state index contributed by atoms with van der Waals surface area (Å²) < 4.78 is 0. The lowest BCUT2D eigenvalue weighted by atomic mass is 9.70. The summed E-state index contributed by atoms with van der Waals surface area (Å²) in [7, 11) is 0. The molecule has 0 bridgehead atoms. The molecule has 2 aliphatic rings. The zero-order valence-corrected chi connectivity index (χ0v) is 18.0. The van der Waals surface area contributed by atoms with Crippen LogP contribution >= 0.6 is 0 Å². The molecular formula is C25H32O2. The number of aromatic hydroxyl groups is 2. The quantitative estimate of drug-likeness (QED) is 0.603. The molecule has 2 N–H and O–H groups in total. The predicted molar refractivity (Wildman–Crippen MR) is 111 cm³/mol. The van der Waals surface area contributed by atoms with Gasteiger partial charge in [0.05, 0.1) is 0 Å². The van der Waals surface area contributed by atoms with E-state index in [2.05, 4.69) is 53.7 Å².